The van der Waals surface area contributed by atoms with Gasteiger partial charge in [0.25, 0.3) is 0 Å². The number of ether oxygens (including phenoxy) is 2. The fourth-order valence-corrected chi connectivity index (χ4v) is 9.89. The van der Waals surface area contributed by atoms with E-state index in [9.17, 15) is 10.5 Å². The Morgan fingerprint density at radius 3 is 1.78 bits per heavy atom. The van der Waals surface area contributed by atoms with Crippen molar-refractivity contribution in [1.29, 1.82) is 10.5 Å². The molecule has 7 aromatic carbocycles. The van der Waals surface area contributed by atoms with Crippen LogP contribution >= 0.6 is 0 Å². The first-order chi connectivity index (χ1) is 33.3. The number of rotatable bonds is 20. The SMILES string of the molecule is CCCCCCOc1ccc2ccccc2c1-c1c(OCCCCCC)ccc2cc(-c3ccc(N(c4ccccc4)c4ccc(/C=C/C5=CC(C(C#N)C#N)CC(C)(C)C5)cc4)cc3)ccc12. The van der Waals surface area contributed by atoms with Gasteiger partial charge in [0.1, 0.15) is 17.4 Å². The molecule has 1 atom stereocenters. The van der Waals surface area contributed by atoms with Gasteiger partial charge in [0.05, 0.1) is 25.4 Å². The van der Waals surface area contributed by atoms with Gasteiger partial charge in [0, 0.05) is 34.1 Å². The third-order valence-electron chi connectivity index (χ3n) is 13.4. The van der Waals surface area contributed by atoms with Crippen LogP contribution in [0.25, 0.3) is 49.9 Å². The Morgan fingerprint density at radius 2 is 1.15 bits per heavy atom. The van der Waals surface area contributed by atoms with Crippen LogP contribution in [0.4, 0.5) is 17.1 Å². The Balaban J connectivity index is 1.10. The lowest BCUT2D eigenvalue weighted by molar-refractivity contribution is 0.260. The van der Waals surface area contributed by atoms with Gasteiger partial charge in [-0.25, -0.2) is 0 Å². The van der Waals surface area contributed by atoms with Gasteiger partial charge >= 0.3 is 0 Å². The number of anilines is 3. The smallest absolute Gasteiger partial charge is 0.139 e. The molecule has 0 heterocycles. The molecule has 1 aliphatic rings. The predicted octanol–water partition coefficient (Wildman–Crippen LogP) is 17.8. The second-order valence-corrected chi connectivity index (χ2v) is 19.2. The number of hydrogen-bond donors (Lipinski definition) is 0. The second-order valence-electron chi connectivity index (χ2n) is 19.2. The number of para-hydroxylation sites is 1. The molecule has 0 spiro atoms. The maximum Gasteiger partial charge on any atom is 0.139 e. The van der Waals surface area contributed by atoms with E-state index in [0.717, 1.165) is 106 Å². The highest BCUT2D eigenvalue weighted by Gasteiger charge is 2.32. The van der Waals surface area contributed by atoms with E-state index in [2.05, 4.69) is 209 Å². The van der Waals surface area contributed by atoms with E-state index in [4.69, 9.17) is 9.47 Å². The van der Waals surface area contributed by atoms with Crippen molar-refractivity contribution in [2.45, 2.75) is 91.9 Å². The third kappa shape index (κ3) is 11.4. The zero-order chi connectivity index (χ0) is 47.3. The van der Waals surface area contributed by atoms with Crippen LogP contribution in [0.15, 0.2) is 163 Å². The van der Waals surface area contributed by atoms with Crippen molar-refractivity contribution in [3.63, 3.8) is 0 Å². The maximum absolute atomic E-state index is 9.60. The van der Waals surface area contributed by atoms with Crippen molar-refractivity contribution >= 4 is 44.7 Å². The van der Waals surface area contributed by atoms with E-state index in [-0.39, 0.29) is 11.3 Å². The molecule has 0 N–H and O–H groups in total. The number of fused-ring (bicyclic) bond motifs is 2. The molecule has 0 aromatic heterocycles. The van der Waals surface area contributed by atoms with Gasteiger partial charge < -0.3 is 14.4 Å². The van der Waals surface area contributed by atoms with Gasteiger partial charge in [0.2, 0.25) is 0 Å². The summed E-state index contributed by atoms with van der Waals surface area (Å²) in [4.78, 5) is 2.29. The van der Waals surface area contributed by atoms with Crippen molar-refractivity contribution < 1.29 is 9.47 Å². The third-order valence-corrected chi connectivity index (χ3v) is 13.4. The van der Waals surface area contributed by atoms with E-state index >= 15 is 0 Å². The van der Waals surface area contributed by atoms with E-state index in [1.807, 2.05) is 0 Å². The molecule has 68 heavy (non-hydrogen) atoms. The van der Waals surface area contributed by atoms with Crippen LogP contribution in [0, 0.1) is 39.9 Å². The summed E-state index contributed by atoms with van der Waals surface area (Å²) in [5.41, 5.74) is 9.97. The Labute approximate surface area is 405 Å². The highest BCUT2D eigenvalue weighted by atomic mass is 16.5. The quantitative estimate of drug-likeness (QED) is 0.0713. The van der Waals surface area contributed by atoms with Crippen molar-refractivity contribution in [2.24, 2.45) is 17.3 Å². The Bertz CT molecular complexity index is 2920. The fraction of sp³-hybridized carbons (Fsp3) is 0.302. The van der Waals surface area contributed by atoms with Crippen LogP contribution in [0.2, 0.25) is 0 Å². The molecular formula is C63H65N3O2. The Morgan fingerprint density at radius 1 is 0.588 bits per heavy atom. The van der Waals surface area contributed by atoms with Crippen LogP contribution in [0.5, 0.6) is 11.5 Å². The first-order valence-corrected chi connectivity index (χ1v) is 24.9. The zero-order valence-corrected chi connectivity index (χ0v) is 40.4. The number of nitriles is 2. The van der Waals surface area contributed by atoms with Crippen molar-refractivity contribution in [3.8, 4) is 45.9 Å². The largest absolute Gasteiger partial charge is 0.493 e. The molecule has 0 saturated heterocycles. The van der Waals surface area contributed by atoms with Gasteiger partial charge in [-0.2, -0.15) is 10.5 Å². The summed E-state index contributed by atoms with van der Waals surface area (Å²) < 4.78 is 13.4. The van der Waals surface area contributed by atoms with Crippen LogP contribution in [0.3, 0.4) is 0 Å². The molecule has 1 unspecified atom stereocenters. The zero-order valence-electron chi connectivity index (χ0n) is 40.4. The molecule has 0 radical (unpaired) electrons. The second kappa shape index (κ2) is 22.6. The van der Waals surface area contributed by atoms with Gasteiger partial charge in [-0.1, -0.05) is 181 Å². The minimum atomic E-state index is -0.629. The fourth-order valence-electron chi connectivity index (χ4n) is 9.89. The molecule has 0 amide bonds. The van der Waals surface area contributed by atoms with Crippen molar-refractivity contribution in [2.75, 3.05) is 18.1 Å². The highest BCUT2D eigenvalue weighted by Crippen LogP contribution is 2.47. The summed E-state index contributed by atoms with van der Waals surface area (Å²) >= 11 is 0. The first-order valence-electron chi connectivity index (χ1n) is 24.9. The molecule has 344 valence electrons. The number of unbranched alkanes of at least 4 members (excludes halogenated alkanes) is 6. The maximum atomic E-state index is 9.60. The van der Waals surface area contributed by atoms with Crippen LogP contribution < -0.4 is 14.4 Å². The normalized spacial score (nSPS) is 14.5. The summed E-state index contributed by atoms with van der Waals surface area (Å²) in [5, 5.41) is 23.8. The minimum absolute atomic E-state index is 0.0239. The standard InChI is InChI=1S/C63H65N3O2/c1-5-7-9-16-38-67-59-36-29-49-18-14-15-21-57(49)61(59)62-58-35-28-50(41-51(58)30-37-60(62)68-39-17-10-8-6-2)48-26-33-56(34-27-48)66(54-19-12-11-13-20-54)55-31-24-46(25-32-55)22-23-47-40-52(53(44-64)45-65)43-63(3,4)42-47/h11-15,18-37,40-41,52-53H,5-10,16-17,38-39,42-43H2,1-4H3/b23-22+. The predicted molar refractivity (Wildman–Crippen MR) is 285 cm³/mol. The number of allylic oxidation sites excluding steroid dienone is 3. The molecule has 1 aliphatic carbocycles. The van der Waals surface area contributed by atoms with Gasteiger partial charge in [0.15, 0.2) is 0 Å². The molecule has 5 nitrogen and oxygen atoms in total. The lowest BCUT2D eigenvalue weighted by Crippen LogP contribution is -2.25. The Kier molecular flexibility index (Phi) is 15.8. The number of benzene rings is 7. The molecular weight excluding hydrogens is 831 g/mol. The lowest BCUT2D eigenvalue weighted by Gasteiger charge is -2.34. The van der Waals surface area contributed by atoms with Gasteiger partial charge in [-0.05, 0) is 124 Å². The molecule has 0 fully saturated rings. The summed E-state index contributed by atoms with van der Waals surface area (Å²) in [6.45, 7) is 10.3. The topological polar surface area (TPSA) is 69.3 Å². The highest BCUT2D eigenvalue weighted by molar-refractivity contribution is 6.10. The molecule has 0 saturated carbocycles. The number of nitrogens with zero attached hydrogens (tertiary/aromatic N) is 3. The molecule has 8 rings (SSSR count). The van der Waals surface area contributed by atoms with E-state index in [0.29, 0.717) is 13.2 Å². The summed E-state index contributed by atoms with van der Waals surface area (Å²) in [6.07, 6.45) is 17.4. The van der Waals surface area contributed by atoms with Gasteiger partial charge in [-0.3, -0.25) is 0 Å². The van der Waals surface area contributed by atoms with Crippen molar-refractivity contribution in [1.82, 2.24) is 0 Å². The van der Waals surface area contributed by atoms with E-state index < -0.39 is 5.92 Å². The van der Waals surface area contributed by atoms with E-state index in [1.165, 1.54) is 42.0 Å². The molecule has 7 aromatic rings. The summed E-state index contributed by atoms with van der Waals surface area (Å²) in [6, 6.07) is 56.6. The van der Waals surface area contributed by atoms with Crippen molar-refractivity contribution in [3.05, 3.63) is 169 Å². The molecule has 0 bridgehead atoms. The van der Waals surface area contributed by atoms with E-state index in [1.54, 1.807) is 0 Å². The monoisotopic (exact) mass is 896 g/mol. The summed E-state index contributed by atoms with van der Waals surface area (Å²) in [7, 11) is 0. The number of hydrogen-bond acceptors (Lipinski definition) is 5. The van der Waals surface area contributed by atoms with Crippen LogP contribution in [-0.4, -0.2) is 13.2 Å². The Hall–Kier alpha value is -7.08. The lowest BCUT2D eigenvalue weighted by atomic mass is 9.69. The van der Waals surface area contributed by atoms with Crippen LogP contribution in [-0.2, 0) is 0 Å². The molecule has 0 aliphatic heterocycles. The average molecular weight is 896 g/mol. The molecule has 5 heteroatoms. The first kappa shape index (κ1) is 47.4. The summed E-state index contributed by atoms with van der Waals surface area (Å²) in [5.74, 6) is 1.11. The minimum Gasteiger partial charge on any atom is -0.493 e. The van der Waals surface area contributed by atoms with Gasteiger partial charge in [-0.15, -0.1) is 0 Å². The van der Waals surface area contributed by atoms with Crippen LogP contribution in [0.1, 0.15) is 97.5 Å². The average Bonchev–Trinajstić information content (AvgIpc) is 3.36.